The number of fused-ring (bicyclic) bond motifs is 1. The van der Waals surface area contributed by atoms with Crippen LogP contribution in [0.2, 0.25) is 5.15 Å². The summed E-state index contributed by atoms with van der Waals surface area (Å²) in [5.41, 5.74) is 0.171. The molecule has 2 N–H and O–H groups in total. The van der Waals surface area contributed by atoms with Crippen molar-refractivity contribution in [3.63, 3.8) is 0 Å². The van der Waals surface area contributed by atoms with E-state index in [1.54, 1.807) is 20.8 Å². The third-order valence-corrected chi connectivity index (χ3v) is 4.62. The van der Waals surface area contributed by atoms with Crippen LogP contribution in [0.15, 0.2) is 12.4 Å². The van der Waals surface area contributed by atoms with Gasteiger partial charge in [0.2, 0.25) is 0 Å². The molecule has 2 aromatic rings. The monoisotopic (exact) mass is 438 g/mol. The van der Waals surface area contributed by atoms with Crippen molar-refractivity contribution >= 4 is 40.5 Å². The number of aromatic nitrogens is 3. The normalized spacial score (nSPS) is 19.5. The van der Waals surface area contributed by atoms with E-state index in [4.69, 9.17) is 16.3 Å². The van der Waals surface area contributed by atoms with Gasteiger partial charge < -0.3 is 20.3 Å². The minimum Gasteiger partial charge on any atom is -0.444 e. The first-order valence-corrected chi connectivity index (χ1v) is 9.87. The summed E-state index contributed by atoms with van der Waals surface area (Å²) in [5, 5.41) is 5.75. The second-order valence-corrected chi connectivity index (χ2v) is 8.44. The number of hydrogen-bond donors (Lipinski definition) is 2. The van der Waals surface area contributed by atoms with Gasteiger partial charge in [-0.3, -0.25) is 4.79 Å². The van der Waals surface area contributed by atoms with Crippen molar-refractivity contribution in [3.8, 4) is 0 Å². The first-order chi connectivity index (χ1) is 14.1. The third kappa shape index (κ3) is 5.05. The van der Waals surface area contributed by atoms with Gasteiger partial charge in [-0.05, 0) is 26.8 Å². The van der Waals surface area contributed by atoms with Crippen molar-refractivity contribution in [3.05, 3.63) is 23.1 Å². The van der Waals surface area contributed by atoms with Gasteiger partial charge in [0.15, 0.2) is 5.82 Å². The van der Waals surface area contributed by atoms with Crippen molar-refractivity contribution < 1.29 is 18.7 Å². The van der Waals surface area contributed by atoms with E-state index in [0.717, 1.165) is 0 Å². The van der Waals surface area contributed by atoms with E-state index in [-0.39, 0.29) is 41.7 Å². The zero-order valence-corrected chi connectivity index (χ0v) is 18.0. The molecule has 1 aliphatic heterocycles. The van der Waals surface area contributed by atoms with Gasteiger partial charge in [-0.1, -0.05) is 11.6 Å². The largest absolute Gasteiger partial charge is 0.444 e. The highest BCUT2D eigenvalue weighted by Gasteiger charge is 2.33. The standard InChI is InChI=1S/C19H24ClFN6O3/c1-19(2,3)30-18(29)27-7-10(21)5-11(8-27)25-16-15-14(23-9-24-16)12(17(28)22-4)6-13(20)26-15/h6,9-11H,5,7-8H2,1-4H3,(H,22,28)(H,23,24,25)/t10-,11-/m0/s1. The van der Waals surface area contributed by atoms with Crippen LogP contribution in [0.3, 0.4) is 0 Å². The molecule has 0 saturated carbocycles. The predicted octanol–water partition coefficient (Wildman–Crippen LogP) is 2.80. The lowest BCUT2D eigenvalue weighted by Crippen LogP contribution is -2.51. The first kappa shape index (κ1) is 21.9. The maximum atomic E-state index is 14.4. The van der Waals surface area contributed by atoms with Gasteiger partial charge in [0.1, 0.15) is 34.3 Å². The summed E-state index contributed by atoms with van der Waals surface area (Å²) in [6, 6.07) is 0.977. The molecule has 1 fully saturated rings. The molecule has 0 aliphatic carbocycles. The Labute approximate surface area is 178 Å². The lowest BCUT2D eigenvalue weighted by Gasteiger charge is -2.36. The number of carbonyl (C=O) groups excluding carboxylic acids is 2. The molecule has 1 aliphatic rings. The Balaban J connectivity index is 1.87. The summed E-state index contributed by atoms with van der Waals surface area (Å²) in [5.74, 6) is -0.0672. The maximum absolute atomic E-state index is 14.4. The fraction of sp³-hybridized carbons (Fsp3) is 0.526. The van der Waals surface area contributed by atoms with Gasteiger partial charge in [-0.2, -0.15) is 0 Å². The van der Waals surface area contributed by atoms with E-state index in [9.17, 15) is 14.0 Å². The molecule has 0 radical (unpaired) electrons. The zero-order chi connectivity index (χ0) is 22.1. The van der Waals surface area contributed by atoms with E-state index < -0.39 is 23.9 Å². The van der Waals surface area contributed by atoms with Crippen LogP contribution in [0, 0.1) is 0 Å². The predicted molar refractivity (Wildman–Crippen MR) is 110 cm³/mol. The van der Waals surface area contributed by atoms with Crippen LogP contribution in [-0.2, 0) is 4.74 Å². The van der Waals surface area contributed by atoms with Crippen LogP contribution in [0.25, 0.3) is 11.0 Å². The van der Waals surface area contributed by atoms with Crippen LogP contribution in [0.5, 0.6) is 0 Å². The minimum absolute atomic E-state index is 0.0392. The van der Waals surface area contributed by atoms with E-state index in [0.29, 0.717) is 11.3 Å². The van der Waals surface area contributed by atoms with Gasteiger partial charge in [0, 0.05) is 26.1 Å². The van der Waals surface area contributed by atoms with Crippen molar-refractivity contribution in [1.29, 1.82) is 0 Å². The molecule has 3 rings (SSSR count). The summed E-state index contributed by atoms with van der Waals surface area (Å²) in [6.07, 6.45) is -0.344. The van der Waals surface area contributed by atoms with Gasteiger partial charge in [0.25, 0.3) is 5.91 Å². The maximum Gasteiger partial charge on any atom is 0.410 e. The van der Waals surface area contributed by atoms with Crippen LogP contribution >= 0.6 is 11.6 Å². The van der Waals surface area contributed by atoms with E-state index in [1.807, 2.05) is 0 Å². The molecule has 0 aromatic carbocycles. The smallest absolute Gasteiger partial charge is 0.410 e. The molecule has 162 valence electrons. The highest BCUT2D eigenvalue weighted by molar-refractivity contribution is 6.30. The van der Waals surface area contributed by atoms with Crippen molar-refractivity contribution in [2.24, 2.45) is 0 Å². The van der Waals surface area contributed by atoms with Gasteiger partial charge in [-0.25, -0.2) is 24.1 Å². The zero-order valence-electron chi connectivity index (χ0n) is 17.2. The number of likely N-dealkylation sites (tertiary alicyclic amines) is 1. The fourth-order valence-electron chi connectivity index (χ4n) is 3.23. The lowest BCUT2D eigenvalue weighted by atomic mass is 10.0. The molecule has 2 aromatic heterocycles. The number of nitrogens with zero attached hydrogens (tertiary/aromatic N) is 4. The number of carbonyl (C=O) groups is 2. The van der Waals surface area contributed by atoms with Gasteiger partial charge in [0.05, 0.1) is 12.1 Å². The molecule has 2 amide bonds. The highest BCUT2D eigenvalue weighted by atomic mass is 35.5. The van der Waals surface area contributed by atoms with Crippen LogP contribution in [0.1, 0.15) is 37.6 Å². The number of piperidine rings is 1. The van der Waals surface area contributed by atoms with E-state index >= 15 is 0 Å². The number of rotatable bonds is 3. The number of anilines is 1. The summed E-state index contributed by atoms with van der Waals surface area (Å²) < 4.78 is 19.7. The Kier molecular flexibility index (Phi) is 6.25. The van der Waals surface area contributed by atoms with Gasteiger partial charge >= 0.3 is 6.09 Å². The topological polar surface area (TPSA) is 109 Å². The SMILES string of the molecule is CNC(=O)c1cc(Cl)nc2c(N[C@H]3C[C@H](F)CN(C(=O)OC(C)(C)C)C3)ncnc12. The number of ether oxygens (including phenoxy) is 1. The van der Waals surface area contributed by atoms with Crippen molar-refractivity contribution in [2.75, 3.05) is 25.5 Å². The number of halogens is 2. The van der Waals surface area contributed by atoms with Crippen molar-refractivity contribution in [2.45, 2.75) is 45.0 Å². The molecule has 1 saturated heterocycles. The van der Waals surface area contributed by atoms with Crippen LogP contribution in [0.4, 0.5) is 15.0 Å². The molecule has 2 atom stereocenters. The number of alkyl halides is 1. The second-order valence-electron chi connectivity index (χ2n) is 8.05. The second kappa shape index (κ2) is 8.55. The Hall–Kier alpha value is -2.75. The number of nitrogens with one attached hydrogen (secondary N) is 2. The molecule has 9 nitrogen and oxygen atoms in total. The molecule has 0 bridgehead atoms. The Bertz CT molecular complexity index is 967. The Morgan fingerprint density at radius 3 is 2.67 bits per heavy atom. The van der Waals surface area contributed by atoms with Gasteiger partial charge in [-0.15, -0.1) is 0 Å². The van der Waals surface area contributed by atoms with Crippen LogP contribution in [-0.4, -0.2) is 69.8 Å². The number of amides is 2. The molecule has 0 spiro atoms. The third-order valence-electron chi connectivity index (χ3n) is 4.42. The average Bonchev–Trinajstić information content (AvgIpc) is 2.65. The molecule has 30 heavy (non-hydrogen) atoms. The number of pyridine rings is 1. The summed E-state index contributed by atoms with van der Waals surface area (Å²) >= 11 is 6.09. The van der Waals surface area contributed by atoms with E-state index in [2.05, 4.69) is 25.6 Å². The first-order valence-electron chi connectivity index (χ1n) is 9.49. The minimum atomic E-state index is -1.23. The highest BCUT2D eigenvalue weighted by Crippen LogP contribution is 2.26. The Morgan fingerprint density at radius 2 is 2.00 bits per heavy atom. The molecule has 0 unspecified atom stereocenters. The quantitative estimate of drug-likeness (QED) is 0.709. The summed E-state index contributed by atoms with van der Waals surface area (Å²) in [6.45, 7) is 5.45. The van der Waals surface area contributed by atoms with Crippen LogP contribution < -0.4 is 10.6 Å². The molecule has 11 heteroatoms. The summed E-state index contributed by atoms with van der Waals surface area (Å²) in [4.78, 5) is 38.5. The Morgan fingerprint density at radius 1 is 1.27 bits per heavy atom. The fourth-order valence-corrected chi connectivity index (χ4v) is 3.43. The summed E-state index contributed by atoms with van der Waals surface area (Å²) in [7, 11) is 1.50. The van der Waals surface area contributed by atoms with Crippen molar-refractivity contribution in [1.82, 2.24) is 25.2 Å². The lowest BCUT2D eigenvalue weighted by molar-refractivity contribution is 0.0124. The average molecular weight is 439 g/mol. The number of hydrogen-bond acceptors (Lipinski definition) is 7. The molecular formula is C19H24ClFN6O3. The molecule has 3 heterocycles. The molecular weight excluding hydrogens is 415 g/mol. The van der Waals surface area contributed by atoms with E-state index in [1.165, 1.54) is 24.3 Å².